The molecular formula is C13H20ClN3O. The number of hydrogen-bond donors (Lipinski definition) is 2. The minimum absolute atomic E-state index is 0.0591. The van der Waals surface area contributed by atoms with Crippen LogP contribution in [0.5, 0.6) is 0 Å². The van der Waals surface area contributed by atoms with Crippen LogP contribution in [0, 0.1) is 5.41 Å². The molecule has 18 heavy (non-hydrogen) atoms. The van der Waals surface area contributed by atoms with Gasteiger partial charge >= 0.3 is 0 Å². The molecule has 1 fully saturated rings. The quantitative estimate of drug-likeness (QED) is 0.879. The SMILES string of the molecule is Cn1cc(Cl)cc1C(=O)NCC1(C)CCCNC1. The molecule has 2 N–H and O–H groups in total. The molecule has 1 atom stereocenters. The number of halogens is 1. The maximum atomic E-state index is 12.1. The minimum atomic E-state index is -0.0591. The smallest absolute Gasteiger partial charge is 0.267 e. The van der Waals surface area contributed by atoms with Gasteiger partial charge in [0, 0.05) is 26.3 Å². The van der Waals surface area contributed by atoms with E-state index >= 15 is 0 Å². The summed E-state index contributed by atoms with van der Waals surface area (Å²) in [5.74, 6) is -0.0591. The third-order valence-electron chi connectivity index (χ3n) is 3.57. The van der Waals surface area contributed by atoms with Gasteiger partial charge in [0.25, 0.3) is 5.91 Å². The Labute approximate surface area is 113 Å². The Kier molecular flexibility index (Phi) is 3.97. The standard InChI is InChI=1S/C13H20ClN3O/c1-13(4-3-5-15-8-13)9-16-12(18)11-6-10(14)7-17(11)2/h6-7,15H,3-5,8-9H2,1-2H3,(H,16,18). The highest BCUT2D eigenvalue weighted by molar-refractivity contribution is 6.31. The van der Waals surface area contributed by atoms with E-state index in [1.165, 1.54) is 6.42 Å². The van der Waals surface area contributed by atoms with Crippen molar-refractivity contribution >= 4 is 17.5 Å². The van der Waals surface area contributed by atoms with Crippen LogP contribution in [0.1, 0.15) is 30.3 Å². The maximum Gasteiger partial charge on any atom is 0.267 e. The van der Waals surface area contributed by atoms with Gasteiger partial charge in [0.05, 0.1) is 5.02 Å². The molecule has 4 nitrogen and oxygen atoms in total. The molecule has 5 heteroatoms. The fraction of sp³-hybridized carbons (Fsp3) is 0.615. The van der Waals surface area contributed by atoms with Gasteiger partial charge in [0.15, 0.2) is 0 Å². The van der Waals surface area contributed by atoms with Crippen molar-refractivity contribution in [3.63, 3.8) is 0 Å². The van der Waals surface area contributed by atoms with Crippen LogP contribution in [-0.4, -0.2) is 30.1 Å². The van der Waals surface area contributed by atoms with Crippen LogP contribution >= 0.6 is 11.6 Å². The number of carbonyl (C=O) groups excluding carboxylic acids is 1. The number of nitrogens with zero attached hydrogens (tertiary/aromatic N) is 1. The first-order valence-corrected chi connectivity index (χ1v) is 6.69. The third kappa shape index (κ3) is 3.06. The lowest BCUT2D eigenvalue weighted by atomic mass is 9.83. The number of rotatable bonds is 3. The number of carbonyl (C=O) groups is 1. The Hall–Kier alpha value is -1.00. The van der Waals surface area contributed by atoms with Crippen LogP contribution in [0.25, 0.3) is 0 Å². The second-order valence-electron chi connectivity index (χ2n) is 5.43. The molecule has 1 aromatic rings. The molecule has 1 aliphatic heterocycles. The van der Waals surface area contributed by atoms with Crippen LogP contribution < -0.4 is 10.6 Å². The Balaban J connectivity index is 1.94. The molecule has 1 saturated heterocycles. The first-order valence-electron chi connectivity index (χ1n) is 6.31. The van der Waals surface area contributed by atoms with E-state index in [9.17, 15) is 4.79 Å². The largest absolute Gasteiger partial charge is 0.350 e. The molecule has 0 bridgehead atoms. The van der Waals surface area contributed by atoms with E-state index < -0.39 is 0 Å². The zero-order chi connectivity index (χ0) is 13.2. The van der Waals surface area contributed by atoms with Gasteiger partial charge in [0.2, 0.25) is 0 Å². The lowest BCUT2D eigenvalue weighted by molar-refractivity contribution is 0.0916. The van der Waals surface area contributed by atoms with Gasteiger partial charge in [-0.3, -0.25) is 4.79 Å². The number of amides is 1. The van der Waals surface area contributed by atoms with E-state index in [4.69, 9.17) is 11.6 Å². The molecule has 0 spiro atoms. The summed E-state index contributed by atoms with van der Waals surface area (Å²) in [5.41, 5.74) is 0.760. The van der Waals surface area contributed by atoms with Crippen molar-refractivity contribution in [1.82, 2.24) is 15.2 Å². The van der Waals surface area contributed by atoms with Crippen LogP contribution in [-0.2, 0) is 7.05 Å². The molecule has 2 rings (SSSR count). The van der Waals surface area contributed by atoms with Crippen molar-refractivity contribution < 1.29 is 4.79 Å². The van der Waals surface area contributed by atoms with Crippen LogP contribution in [0.2, 0.25) is 5.02 Å². The van der Waals surface area contributed by atoms with Crippen molar-refractivity contribution in [1.29, 1.82) is 0 Å². The highest BCUT2D eigenvalue weighted by atomic mass is 35.5. The van der Waals surface area contributed by atoms with Gasteiger partial charge in [-0.25, -0.2) is 0 Å². The lowest BCUT2D eigenvalue weighted by Crippen LogP contribution is -2.45. The summed E-state index contributed by atoms with van der Waals surface area (Å²) in [5, 5.41) is 6.97. The monoisotopic (exact) mass is 269 g/mol. The van der Waals surface area contributed by atoms with Crippen molar-refractivity contribution in [2.75, 3.05) is 19.6 Å². The fourth-order valence-corrected chi connectivity index (χ4v) is 2.65. The molecule has 100 valence electrons. The molecule has 0 saturated carbocycles. The van der Waals surface area contributed by atoms with Gasteiger partial charge in [-0.15, -0.1) is 0 Å². The molecule has 1 aliphatic rings. The number of nitrogens with one attached hydrogen (secondary N) is 2. The lowest BCUT2D eigenvalue weighted by Gasteiger charge is -2.34. The van der Waals surface area contributed by atoms with E-state index in [0.29, 0.717) is 17.3 Å². The van der Waals surface area contributed by atoms with Gasteiger partial charge in [-0.1, -0.05) is 18.5 Å². The molecular weight excluding hydrogens is 250 g/mol. The summed E-state index contributed by atoms with van der Waals surface area (Å²) in [6, 6.07) is 1.69. The van der Waals surface area contributed by atoms with Crippen LogP contribution in [0.4, 0.5) is 0 Å². The van der Waals surface area contributed by atoms with E-state index in [1.54, 1.807) is 16.8 Å². The molecule has 1 amide bonds. The Bertz CT molecular complexity index is 435. The minimum Gasteiger partial charge on any atom is -0.350 e. The van der Waals surface area contributed by atoms with Crippen molar-refractivity contribution in [2.24, 2.45) is 12.5 Å². The Morgan fingerprint density at radius 1 is 1.67 bits per heavy atom. The second-order valence-corrected chi connectivity index (χ2v) is 5.86. The molecule has 1 aromatic heterocycles. The number of piperidine rings is 1. The zero-order valence-corrected chi connectivity index (χ0v) is 11.7. The van der Waals surface area contributed by atoms with Crippen LogP contribution in [0.15, 0.2) is 12.3 Å². The average molecular weight is 270 g/mol. The Morgan fingerprint density at radius 3 is 3.00 bits per heavy atom. The van der Waals surface area contributed by atoms with Gasteiger partial charge in [-0.2, -0.15) is 0 Å². The summed E-state index contributed by atoms with van der Waals surface area (Å²) in [6.07, 6.45) is 4.05. The normalized spacial score (nSPS) is 23.9. The van der Waals surface area contributed by atoms with E-state index in [2.05, 4.69) is 17.6 Å². The molecule has 1 unspecified atom stereocenters. The first-order chi connectivity index (χ1) is 8.50. The highest BCUT2D eigenvalue weighted by Gasteiger charge is 2.27. The topological polar surface area (TPSA) is 46.1 Å². The third-order valence-corrected chi connectivity index (χ3v) is 3.77. The van der Waals surface area contributed by atoms with Gasteiger partial charge < -0.3 is 15.2 Å². The molecule has 0 aliphatic carbocycles. The summed E-state index contributed by atoms with van der Waals surface area (Å²) >= 11 is 5.88. The predicted molar refractivity (Wildman–Crippen MR) is 73.0 cm³/mol. The maximum absolute atomic E-state index is 12.1. The van der Waals surface area contributed by atoms with Crippen LogP contribution in [0.3, 0.4) is 0 Å². The molecule has 2 heterocycles. The number of aryl methyl sites for hydroxylation is 1. The van der Waals surface area contributed by atoms with Gasteiger partial charge in [0.1, 0.15) is 5.69 Å². The first kappa shape index (κ1) is 13.4. The number of hydrogen-bond acceptors (Lipinski definition) is 2. The summed E-state index contributed by atoms with van der Waals surface area (Å²) in [4.78, 5) is 12.1. The highest BCUT2D eigenvalue weighted by Crippen LogP contribution is 2.24. The van der Waals surface area contributed by atoms with Gasteiger partial charge in [-0.05, 0) is 30.9 Å². The average Bonchev–Trinajstić information content (AvgIpc) is 2.67. The van der Waals surface area contributed by atoms with Crippen molar-refractivity contribution in [3.05, 3.63) is 23.0 Å². The molecule has 0 radical (unpaired) electrons. The summed E-state index contributed by atoms with van der Waals surface area (Å²) in [6.45, 7) is 4.94. The molecule has 0 aromatic carbocycles. The number of aromatic nitrogens is 1. The predicted octanol–water partition coefficient (Wildman–Crippen LogP) is 1.80. The van der Waals surface area contributed by atoms with E-state index in [1.807, 2.05) is 7.05 Å². The van der Waals surface area contributed by atoms with Crippen molar-refractivity contribution in [3.8, 4) is 0 Å². The van der Waals surface area contributed by atoms with Crippen molar-refractivity contribution in [2.45, 2.75) is 19.8 Å². The summed E-state index contributed by atoms with van der Waals surface area (Å²) in [7, 11) is 1.82. The Morgan fingerprint density at radius 2 is 2.44 bits per heavy atom. The van der Waals surface area contributed by atoms with E-state index in [0.717, 1.165) is 19.5 Å². The van der Waals surface area contributed by atoms with E-state index in [-0.39, 0.29) is 11.3 Å². The fourth-order valence-electron chi connectivity index (χ4n) is 2.40. The second kappa shape index (κ2) is 5.33. The zero-order valence-electron chi connectivity index (χ0n) is 10.9. The summed E-state index contributed by atoms with van der Waals surface area (Å²) < 4.78 is 1.75.